The average Bonchev–Trinajstić information content (AvgIpc) is 3.23. The Morgan fingerprint density at radius 2 is 1.95 bits per heavy atom. The van der Waals surface area contributed by atoms with Crippen LogP contribution in [0.1, 0.15) is 12.8 Å². The number of nitrogens with zero attached hydrogens (tertiary/aromatic N) is 2. The summed E-state index contributed by atoms with van der Waals surface area (Å²) in [5.74, 6) is -1.66. The third-order valence-electron chi connectivity index (χ3n) is 3.21. The van der Waals surface area contributed by atoms with Crippen molar-refractivity contribution in [2.75, 3.05) is 4.90 Å². The third kappa shape index (κ3) is 2.46. The first-order valence-corrected chi connectivity index (χ1v) is 6.85. The topological polar surface area (TPSA) is 61.8 Å². The normalized spacial score (nSPS) is 23.3. The van der Waals surface area contributed by atoms with E-state index in [0.717, 1.165) is 12.8 Å². The average molecular weight is 287 g/mol. The summed E-state index contributed by atoms with van der Waals surface area (Å²) in [6, 6.07) is 9.30. The van der Waals surface area contributed by atoms with Gasteiger partial charge in [-0.3, -0.25) is 19.5 Å². The predicted octanol–water partition coefficient (Wildman–Crippen LogP) is 1.28. The van der Waals surface area contributed by atoms with Gasteiger partial charge in [0.1, 0.15) is 0 Å². The maximum Gasteiger partial charge on any atom is 0.251 e. The monoisotopic (exact) mass is 287 g/mol. The Hall–Kier alpha value is -2.08. The molecule has 1 saturated carbocycles. The number of para-hydroxylation sites is 1. The predicted molar refractivity (Wildman–Crippen MR) is 79.7 cm³/mol. The zero-order chi connectivity index (χ0) is 14.1. The second kappa shape index (κ2) is 5.13. The number of amides is 2. The second-order valence-corrected chi connectivity index (χ2v) is 5.20. The largest absolute Gasteiger partial charge is 0.301 e. The van der Waals surface area contributed by atoms with Crippen molar-refractivity contribution in [2.45, 2.75) is 18.9 Å². The van der Waals surface area contributed by atoms with E-state index in [0.29, 0.717) is 5.69 Å². The third-order valence-corrected chi connectivity index (χ3v) is 3.49. The van der Waals surface area contributed by atoms with Crippen LogP contribution in [0.2, 0.25) is 0 Å². The van der Waals surface area contributed by atoms with E-state index in [9.17, 15) is 9.59 Å². The highest BCUT2D eigenvalue weighted by Crippen LogP contribution is 2.24. The summed E-state index contributed by atoms with van der Waals surface area (Å²) < 4.78 is 0. The highest BCUT2D eigenvalue weighted by Gasteiger charge is 2.38. The molecule has 1 aliphatic heterocycles. The van der Waals surface area contributed by atoms with Gasteiger partial charge in [-0.15, -0.1) is 0 Å². The highest BCUT2D eigenvalue weighted by atomic mass is 32.1. The first-order chi connectivity index (χ1) is 9.66. The Balaban J connectivity index is 1.88. The van der Waals surface area contributed by atoms with E-state index in [1.54, 1.807) is 12.1 Å². The molecular weight excluding hydrogens is 274 g/mol. The Morgan fingerprint density at radius 3 is 2.60 bits per heavy atom. The lowest BCUT2D eigenvalue weighted by Crippen LogP contribution is -2.58. The summed E-state index contributed by atoms with van der Waals surface area (Å²) in [4.78, 5) is 29.9. The lowest BCUT2D eigenvalue weighted by Gasteiger charge is -2.30. The van der Waals surface area contributed by atoms with Crippen LogP contribution in [0, 0.1) is 5.92 Å². The molecule has 5 nitrogen and oxygen atoms in total. The number of hydrogen-bond donors (Lipinski definition) is 1. The van der Waals surface area contributed by atoms with Crippen molar-refractivity contribution in [2.24, 2.45) is 10.9 Å². The van der Waals surface area contributed by atoms with Gasteiger partial charge in [-0.2, -0.15) is 0 Å². The summed E-state index contributed by atoms with van der Waals surface area (Å²) in [6.45, 7) is 0. The summed E-state index contributed by atoms with van der Waals surface area (Å²) in [5.41, 5.74) is 0.646. The summed E-state index contributed by atoms with van der Waals surface area (Å²) in [6.07, 6.45) is 3.51. The minimum atomic E-state index is -0.900. The number of aliphatic imine (C=N–C) groups is 1. The molecule has 1 heterocycles. The number of thiocarbonyl (C=S) groups is 1. The minimum Gasteiger partial charge on any atom is -0.301 e. The number of benzene rings is 1. The van der Waals surface area contributed by atoms with Crippen LogP contribution in [-0.2, 0) is 9.59 Å². The molecule has 1 aromatic carbocycles. The first kappa shape index (κ1) is 12.9. The molecule has 1 aliphatic carbocycles. The Kier molecular flexibility index (Phi) is 3.31. The molecule has 102 valence electrons. The smallest absolute Gasteiger partial charge is 0.251 e. The van der Waals surface area contributed by atoms with Crippen molar-refractivity contribution in [3.63, 3.8) is 0 Å². The van der Waals surface area contributed by atoms with Gasteiger partial charge in [0.15, 0.2) is 11.0 Å². The zero-order valence-electron chi connectivity index (χ0n) is 10.7. The molecule has 2 fully saturated rings. The van der Waals surface area contributed by atoms with Crippen molar-refractivity contribution in [1.82, 2.24) is 5.32 Å². The Labute approximate surface area is 121 Å². The lowest BCUT2D eigenvalue weighted by molar-refractivity contribution is -0.130. The molecule has 1 N–H and O–H groups in total. The molecule has 1 saturated heterocycles. The SMILES string of the molecule is O=C1NC(=S)N(c2ccccc2)C(=O)C1C=NC1CC1. The van der Waals surface area contributed by atoms with Crippen LogP contribution in [0.5, 0.6) is 0 Å². The van der Waals surface area contributed by atoms with Gasteiger partial charge >= 0.3 is 0 Å². The number of rotatable bonds is 3. The standard InChI is InChI=1S/C14H13N3O2S/c18-12-11(8-15-9-6-7-9)13(19)17(14(20)16-12)10-4-2-1-3-5-10/h1-5,8-9,11H,6-7H2,(H,16,18,20). The number of carbonyl (C=O) groups excluding carboxylic acids is 2. The van der Waals surface area contributed by atoms with E-state index in [2.05, 4.69) is 10.3 Å². The van der Waals surface area contributed by atoms with Crippen molar-refractivity contribution in [3.05, 3.63) is 30.3 Å². The first-order valence-electron chi connectivity index (χ1n) is 6.44. The van der Waals surface area contributed by atoms with Gasteiger partial charge in [0.25, 0.3) is 5.91 Å². The summed E-state index contributed by atoms with van der Waals surface area (Å²) >= 11 is 5.09. The van der Waals surface area contributed by atoms with E-state index >= 15 is 0 Å². The fourth-order valence-corrected chi connectivity index (χ4v) is 2.27. The molecule has 6 heteroatoms. The van der Waals surface area contributed by atoms with Crippen LogP contribution in [0.15, 0.2) is 35.3 Å². The van der Waals surface area contributed by atoms with Crippen molar-refractivity contribution in [3.8, 4) is 0 Å². The van der Waals surface area contributed by atoms with Gasteiger partial charge in [0.05, 0.1) is 5.69 Å². The molecule has 1 aromatic rings. The molecular formula is C14H13N3O2S. The molecule has 1 unspecified atom stereocenters. The molecule has 0 aromatic heterocycles. The molecule has 2 amide bonds. The van der Waals surface area contributed by atoms with Crippen LogP contribution < -0.4 is 10.2 Å². The van der Waals surface area contributed by atoms with E-state index < -0.39 is 11.8 Å². The highest BCUT2D eigenvalue weighted by molar-refractivity contribution is 7.80. The molecule has 0 spiro atoms. The van der Waals surface area contributed by atoms with Crippen LogP contribution >= 0.6 is 12.2 Å². The summed E-state index contributed by atoms with van der Waals surface area (Å²) in [7, 11) is 0. The maximum absolute atomic E-state index is 12.5. The number of nitrogens with one attached hydrogen (secondary N) is 1. The molecule has 1 atom stereocenters. The molecule has 0 radical (unpaired) electrons. The quantitative estimate of drug-likeness (QED) is 0.517. The van der Waals surface area contributed by atoms with Crippen LogP contribution in [-0.4, -0.2) is 29.2 Å². The van der Waals surface area contributed by atoms with Gasteiger partial charge in [-0.1, -0.05) is 18.2 Å². The van der Waals surface area contributed by atoms with Gasteiger partial charge < -0.3 is 5.32 Å². The fourth-order valence-electron chi connectivity index (χ4n) is 1.97. The van der Waals surface area contributed by atoms with Crippen LogP contribution in [0.25, 0.3) is 0 Å². The number of hydrogen-bond acceptors (Lipinski definition) is 4. The van der Waals surface area contributed by atoms with E-state index in [-0.39, 0.29) is 17.1 Å². The van der Waals surface area contributed by atoms with Crippen molar-refractivity contribution in [1.29, 1.82) is 0 Å². The van der Waals surface area contributed by atoms with E-state index in [4.69, 9.17) is 12.2 Å². The lowest BCUT2D eigenvalue weighted by atomic mass is 10.1. The molecule has 3 rings (SSSR count). The fraction of sp³-hybridized carbons (Fsp3) is 0.286. The van der Waals surface area contributed by atoms with Gasteiger partial charge in [0, 0.05) is 12.3 Å². The van der Waals surface area contributed by atoms with Gasteiger partial charge in [0.2, 0.25) is 5.91 Å². The molecule has 2 aliphatic rings. The van der Waals surface area contributed by atoms with Crippen molar-refractivity contribution >= 4 is 41.0 Å². The Bertz CT molecular complexity index is 596. The minimum absolute atomic E-state index is 0.113. The number of carbonyl (C=O) groups is 2. The van der Waals surface area contributed by atoms with E-state index in [1.807, 2.05) is 18.2 Å². The second-order valence-electron chi connectivity index (χ2n) is 4.81. The zero-order valence-corrected chi connectivity index (χ0v) is 11.5. The maximum atomic E-state index is 12.5. The molecule has 20 heavy (non-hydrogen) atoms. The summed E-state index contributed by atoms with van der Waals surface area (Å²) in [5, 5.41) is 2.67. The Morgan fingerprint density at radius 1 is 1.25 bits per heavy atom. The van der Waals surface area contributed by atoms with Gasteiger partial charge in [-0.05, 0) is 37.2 Å². The number of anilines is 1. The van der Waals surface area contributed by atoms with Gasteiger partial charge in [-0.25, -0.2) is 0 Å². The van der Waals surface area contributed by atoms with Crippen LogP contribution in [0.3, 0.4) is 0 Å². The van der Waals surface area contributed by atoms with Crippen molar-refractivity contribution < 1.29 is 9.59 Å². The van der Waals surface area contributed by atoms with Crippen LogP contribution in [0.4, 0.5) is 5.69 Å². The molecule has 0 bridgehead atoms. The van der Waals surface area contributed by atoms with E-state index in [1.165, 1.54) is 11.1 Å².